The molecule has 1 aromatic carbocycles. The Kier molecular flexibility index (Phi) is 3.19. The summed E-state index contributed by atoms with van der Waals surface area (Å²) < 4.78 is 0. The third-order valence-electron chi connectivity index (χ3n) is 4.42. The number of hydrogen-bond donors (Lipinski definition) is 1. The number of nitrogens with zero attached hydrogens (tertiary/aromatic N) is 1. The highest BCUT2D eigenvalue weighted by molar-refractivity contribution is 7.10. The minimum atomic E-state index is 0.187. The van der Waals surface area contributed by atoms with Crippen LogP contribution in [0.5, 0.6) is 0 Å². The molecule has 4 rings (SSSR count). The minimum absolute atomic E-state index is 0.187. The molecule has 3 heterocycles. The molecule has 0 spiro atoms. The normalized spacial score (nSPS) is 16.9. The van der Waals surface area contributed by atoms with Gasteiger partial charge >= 0.3 is 0 Å². The summed E-state index contributed by atoms with van der Waals surface area (Å²) in [5.74, 6) is 0.187. The highest BCUT2D eigenvalue weighted by Crippen LogP contribution is 2.29. The molecule has 0 bridgehead atoms. The first-order chi connectivity index (χ1) is 10.3. The standard InChI is InChI=1S/C17H18N2OS/c20-17(19-9-6-16-12(11-19)7-10-21-16)14-3-1-5-15-13(14)4-2-8-18-15/h1,3,5,7,10,18H,2,4,6,8-9,11H2. The summed E-state index contributed by atoms with van der Waals surface area (Å²) in [4.78, 5) is 16.3. The second-order valence-electron chi connectivity index (χ2n) is 5.71. The van der Waals surface area contributed by atoms with Gasteiger partial charge in [-0.15, -0.1) is 11.3 Å². The molecule has 1 amide bonds. The lowest BCUT2D eigenvalue weighted by atomic mass is 9.96. The molecule has 0 atom stereocenters. The average molecular weight is 298 g/mol. The summed E-state index contributed by atoms with van der Waals surface area (Å²) in [7, 11) is 0. The largest absolute Gasteiger partial charge is 0.385 e. The zero-order valence-electron chi connectivity index (χ0n) is 11.9. The maximum Gasteiger partial charge on any atom is 0.254 e. The summed E-state index contributed by atoms with van der Waals surface area (Å²) in [6.45, 7) is 2.60. The molecular formula is C17H18N2OS. The molecule has 0 aliphatic carbocycles. The Morgan fingerprint density at radius 3 is 3.14 bits per heavy atom. The van der Waals surface area contributed by atoms with Crippen LogP contribution in [0, 0.1) is 0 Å². The van der Waals surface area contributed by atoms with Crippen molar-refractivity contribution in [1.82, 2.24) is 4.90 Å². The van der Waals surface area contributed by atoms with E-state index in [9.17, 15) is 4.79 Å². The van der Waals surface area contributed by atoms with E-state index in [4.69, 9.17) is 0 Å². The predicted molar refractivity (Wildman–Crippen MR) is 86.0 cm³/mol. The van der Waals surface area contributed by atoms with Crippen LogP contribution in [0.1, 0.15) is 32.8 Å². The Hall–Kier alpha value is -1.81. The van der Waals surface area contributed by atoms with Gasteiger partial charge in [0.05, 0.1) is 0 Å². The maximum absolute atomic E-state index is 12.9. The molecule has 0 saturated heterocycles. The number of anilines is 1. The maximum atomic E-state index is 12.9. The van der Waals surface area contributed by atoms with E-state index in [1.807, 2.05) is 28.4 Å². The summed E-state index contributed by atoms with van der Waals surface area (Å²) >= 11 is 1.81. The van der Waals surface area contributed by atoms with Crippen molar-refractivity contribution in [3.05, 3.63) is 51.2 Å². The summed E-state index contributed by atoms with van der Waals surface area (Å²) in [6.07, 6.45) is 3.10. The molecule has 0 unspecified atom stereocenters. The van der Waals surface area contributed by atoms with Crippen LogP contribution in [0.25, 0.3) is 0 Å². The van der Waals surface area contributed by atoms with Crippen LogP contribution < -0.4 is 5.32 Å². The van der Waals surface area contributed by atoms with E-state index < -0.39 is 0 Å². The predicted octanol–water partition coefficient (Wildman–Crippen LogP) is 3.30. The van der Waals surface area contributed by atoms with Crippen molar-refractivity contribution in [2.24, 2.45) is 0 Å². The number of fused-ring (bicyclic) bond motifs is 2. The van der Waals surface area contributed by atoms with Crippen molar-refractivity contribution in [1.29, 1.82) is 0 Å². The Morgan fingerprint density at radius 1 is 1.24 bits per heavy atom. The van der Waals surface area contributed by atoms with Crippen LogP contribution in [-0.2, 0) is 19.4 Å². The van der Waals surface area contributed by atoms with Crippen LogP contribution in [0.4, 0.5) is 5.69 Å². The molecule has 108 valence electrons. The highest BCUT2D eigenvalue weighted by Gasteiger charge is 2.25. The van der Waals surface area contributed by atoms with Crippen molar-refractivity contribution >= 4 is 22.9 Å². The van der Waals surface area contributed by atoms with Gasteiger partial charge in [-0.2, -0.15) is 0 Å². The van der Waals surface area contributed by atoms with Gasteiger partial charge in [-0.3, -0.25) is 4.79 Å². The first-order valence-electron chi connectivity index (χ1n) is 7.53. The van der Waals surface area contributed by atoms with Gasteiger partial charge in [0, 0.05) is 35.8 Å². The van der Waals surface area contributed by atoms with E-state index in [0.29, 0.717) is 0 Å². The van der Waals surface area contributed by atoms with E-state index in [1.165, 1.54) is 16.0 Å². The number of benzene rings is 1. The smallest absolute Gasteiger partial charge is 0.254 e. The molecule has 2 aliphatic rings. The Bertz CT molecular complexity index is 692. The van der Waals surface area contributed by atoms with Crippen molar-refractivity contribution < 1.29 is 4.79 Å². The van der Waals surface area contributed by atoms with Gasteiger partial charge in [0.1, 0.15) is 0 Å². The minimum Gasteiger partial charge on any atom is -0.385 e. The van der Waals surface area contributed by atoms with Gasteiger partial charge in [-0.05, 0) is 54.0 Å². The number of rotatable bonds is 1. The number of carbonyl (C=O) groups is 1. The van der Waals surface area contributed by atoms with Gasteiger partial charge < -0.3 is 10.2 Å². The highest BCUT2D eigenvalue weighted by atomic mass is 32.1. The van der Waals surface area contributed by atoms with Gasteiger partial charge in [0.2, 0.25) is 0 Å². The molecule has 0 fully saturated rings. The van der Waals surface area contributed by atoms with E-state index in [1.54, 1.807) is 0 Å². The van der Waals surface area contributed by atoms with E-state index in [2.05, 4.69) is 22.8 Å². The third-order valence-corrected chi connectivity index (χ3v) is 5.44. The molecule has 0 saturated carbocycles. The molecular weight excluding hydrogens is 280 g/mol. The first kappa shape index (κ1) is 12.9. The van der Waals surface area contributed by atoms with Crippen molar-refractivity contribution in [3.63, 3.8) is 0 Å². The monoisotopic (exact) mass is 298 g/mol. The number of hydrogen-bond acceptors (Lipinski definition) is 3. The SMILES string of the molecule is O=C(c1cccc2c1CCCN2)N1CCc2sccc2C1. The summed E-state index contributed by atoms with van der Waals surface area (Å²) in [5.41, 5.74) is 4.55. The van der Waals surface area contributed by atoms with Crippen LogP contribution in [0.3, 0.4) is 0 Å². The lowest BCUT2D eigenvalue weighted by Gasteiger charge is -2.29. The summed E-state index contributed by atoms with van der Waals surface area (Å²) in [6, 6.07) is 8.21. The van der Waals surface area contributed by atoms with Gasteiger partial charge in [0.25, 0.3) is 5.91 Å². The van der Waals surface area contributed by atoms with E-state index >= 15 is 0 Å². The van der Waals surface area contributed by atoms with E-state index in [-0.39, 0.29) is 5.91 Å². The molecule has 4 heteroatoms. The van der Waals surface area contributed by atoms with Crippen molar-refractivity contribution in [2.45, 2.75) is 25.8 Å². The quantitative estimate of drug-likeness (QED) is 0.876. The Morgan fingerprint density at radius 2 is 2.19 bits per heavy atom. The third kappa shape index (κ3) is 2.23. The average Bonchev–Trinajstić information content (AvgIpc) is 3.01. The lowest BCUT2D eigenvalue weighted by Crippen LogP contribution is -2.36. The fraction of sp³-hybridized carbons (Fsp3) is 0.353. The number of carbonyl (C=O) groups excluding carboxylic acids is 1. The topological polar surface area (TPSA) is 32.3 Å². The number of nitrogens with one attached hydrogen (secondary N) is 1. The van der Waals surface area contributed by atoms with Crippen LogP contribution >= 0.6 is 11.3 Å². The molecule has 1 aromatic heterocycles. The van der Waals surface area contributed by atoms with Crippen LogP contribution in [0.15, 0.2) is 29.6 Å². The Labute approximate surface area is 128 Å². The molecule has 21 heavy (non-hydrogen) atoms. The fourth-order valence-electron chi connectivity index (χ4n) is 3.30. The number of thiophene rings is 1. The second kappa shape index (κ2) is 5.19. The van der Waals surface area contributed by atoms with Crippen molar-refractivity contribution in [3.8, 4) is 0 Å². The Balaban J connectivity index is 1.64. The fourth-order valence-corrected chi connectivity index (χ4v) is 4.19. The van der Waals surface area contributed by atoms with Crippen molar-refractivity contribution in [2.75, 3.05) is 18.4 Å². The van der Waals surface area contributed by atoms with Gasteiger partial charge in [-0.1, -0.05) is 6.07 Å². The summed E-state index contributed by atoms with van der Waals surface area (Å²) in [5, 5.41) is 5.54. The zero-order valence-corrected chi connectivity index (χ0v) is 12.7. The first-order valence-corrected chi connectivity index (χ1v) is 8.41. The molecule has 0 radical (unpaired) electrons. The van der Waals surface area contributed by atoms with Gasteiger partial charge in [-0.25, -0.2) is 0 Å². The van der Waals surface area contributed by atoms with Crippen LogP contribution in [0.2, 0.25) is 0 Å². The van der Waals surface area contributed by atoms with E-state index in [0.717, 1.165) is 50.1 Å². The van der Waals surface area contributed by atoms with Gasteiger partial charge in [0.15, 0.2) is 0 Å². The molecule has 2 aliphatic heterocycles. The number of amides is 1. The molecule has 2 aromatic rings. The lowest BCUT2D eigenvalue weighted by molar-refractivity contribution is 0.0734. The van der Waals surface area contributed by atoms with Crippen LogP contribution in [-0.4, -0.2) is 23.9 Å². The molecule has 1 N–H and O–H groups in total. The second-order valence-corrected chi connectivity index (χ2v) is 6.71. The zero-order chi connectivity index (χ0) is 14.2. The molecule has 3 nitrogen and oxygen atoms in total.